The summed E-state index contributed by atoms with van der Waals surface area (Å²) < 4.78 is 32.8. The summed E-state index contributed by atoms with van der Waals surface area (Å²) in [5.41, 5.74) is 2.03. The summed E-state index contributed by atoms with van der Waals surface area (Å²) in [6, 6.07) is 9.23. The Kier molecular flexibility index (Phi) is 5.74. The molecule has 1 aromatic carbocycles. The summed E-state index contributed by atoms with van der Waals surface area (Å²) in [7, 11) is -3.47. The van der Waals surface area contributed by atoms with Crippen LogP contribution in [0.15, 0.2) is 39.8 Å². The fourth-order valence-corrected chi connectivity index (χ4v) is 4.81. The Morgan fingerprint density at radius 3 is 2.37 bits per heavy atom. The molecule has 0 unspecified atom stereocenters. The van der Waals surface area contributed by atoms with Crippen LogP contribution in [0.1, 0.15) is 44.2 Å². The second-order valence-electron chi connectivity index (χ2n) is 8.24. The van der Waals surface area contributed by atoms with Gasteiger partial charge in [-0.25, -0.2) is 8.42 Å². The van der Waals surface area contributed by atoms with E-state index in [4.69, 9.17) is 4.52 Å². The minimum Gasteiger partial charge on any atom is -0.361 e. The standard InChI is InChI=1S/C20H29N3O3S/c1-16-14-18(21-26-16)15-22-10-5-11-23(13-12-22)27(24,25)19-8-6-17(7-9-19)20(2,3)4/h6-9,14H,5,10-13,15H2,1-4H3. The molecule has 148 valence electrons. The van der Waals surface area contributed by atoms with E-state index in [0.717, 1.165) is 30.0 Å². The molecule has 1 saturated heterocycles. The summed E-state index contributed by atoms with van der Waals surface area (Å²) in [4.78, 5) is 2.60. The number of aryl methyl sites for hydroxylation is 1. The Labute approximate surface area is 162 Å². The predicted molar refractivity (Wildman–Crippen MR) is 105 cm³/mol. The van der Waals surface area contributed by atoms with E-state index in [1.165, 1.54) is 0 Å². The smallest absolute Gasteiger partial charge is 0.243 e. The molecule has 0 N–H and O–H groups in total. The van der Waals surface area contributed by atoms with Gasteiger partial charge in [0.1, 0.15) is 5.76 Å². The molecule has 1 aliphatic heterocycles. The number of rotatable bonds is 4. The predicted octanol–water partition coefficient (Wildman–Crippen LogP) is 3.18. The van der Waals surface area contributed by atoms with Crippen LogP contribution in [0.5, 0.6) is 0 Å². The van der Waals surface area contributed by atoms with Gasteiger partial charge in [-0.2, -0.15) is 4.31 Å². The minimum atomic E-state index is -3.47. The summed E-state index contributed by atoms with van der Waals surface area (Å²) in [6.07, 6.45) is 0.802. The first kappa shape index (κ1) is 20.0. The van der Waals surface area contributed by atoms with E-state index in [2.05, 4.69) is 30.8 Å². The van der Waals surface area contributed by atoms with Crippen LogP contribution < -0.4 is 0 Å². The van der Waals surface area contributed by atoms with Crippen molar-refractivity contribution >= 4 is 10.0 Å². The van der Waals surface area contributed by atoms with E-state index in [9.17, 15) is 8.42 Å². The van der Waals surface area contributed by atoms with Crippen LogP contribution in [0.2, 0.25) is 0 Å². The highest BCUT2D eigenvalue weighted by atomic mass is 32.2. The maximum atomic E-state index is 13.0. The molecule has 0 amide bonds. The van der Waals surface area contributed by atoms with Gasteiger partial charge in [0.2, 0.25) is 10.0 Å². The van der Waals surface area contributed by atoms with Crippen molar-refractivity contribution in [1.82, 2.24) is 14.4 Å². The summed E-state index contributed by atoms with van der Waals surface area (Å²) in [5.74, 6) is 0.794. The van der Waals surface area contributed by atoms with E-state index >= 15 is 0 Å². The number of benzene rings is 1. The third-order valence-electron chi connectivity index (χ3n) is 4.97. The van der Waals surface area contributed by atoms with Crippen LogP contribution in [-0.4, -0.2) is 49.0 Å². The van der Waals surface area contributed by atoms with Gasteiger partial charge in [-0.05, 0) is 43.0 Å². The highest BCUT2D eigenvalue weighted by molar-refractivity contribution is 7.89. The van der Waals surface area contributed by atoms with Gasteiger partial charge in [-0.1, -0.05) is 38.1 Å². The number of sulfonamides is 1. The first-order valence-electron chi connectivity index (χ1n) is 9.41. The molecule has 0 saturated carbocycles. The van der Waals surface area contributed by atoms with E-state index < -0.39 is 10.0 Å². The van der Waals surface area contributed by atoms with Crippen LogP contribution in [0.4, 0.5) is 0 Å². The number of hydrogen-bond donors (Lipinski definition) is 0. The highest BCUT2D eigenvalue weighted by Crippen LogP contribution is 2.25. The van der Waals surface area contributed by atoms with Gasteiger partial charge in [0.25, 0.3) is 0 Å². The Hall–Kier alpha value is -1.70. The molecule has 1 aromatic heterocycles. The van der Waals surface area contributed by atoms with Gasteiger partial charge in [0.15, 0.2) is 0 Å². The Morgan fingerprint density at radius 2 is 1.78 bits per heavy atom. The molecule has 0 bridgehead atoms. The molecule has 1 aliphatic rings. The SMILES string of the molecule is Cc1cc(CN2CCCN(S(=O)(=O)c3ccc(C(C)(C)C)cc3)CC2)no1. The quantitative estimate of drug-likeness (QED) is 0.801. The van der Waals surface area contributed by atoms with Crippen LogP contribution in [0.25, 0.3) is 0 Å². The zero-order valence-electron chi connectivity index (χ0n) is 16.6. The number of hydrogen-bond acceptors (Lipinski definition) is 5. The first-order valence-corrected chi connectivity index (χ1v) is 10.9. The monoisotopic (exact) mass is 391 g/mol. The molecule has 2 aromatic rings. The van der Waals surface area contributed by atoms with Crippen molar-refractivity contribution in [1.29, 1.82) is 0 Å². The second kappa shape index (κ2) is 7.73. The Balaban J connectivity index is 1.68. The maximum Gasteiger partial charge on any atom is 0.243 e. The minimum absolute atomic E-state index is 0.00483. The van der Waals surface area contributed by atoms with Crippen molar-refractivity contribution in [2.24, 2.45) is 0 Å². The molecular weight excluding hydrogens is 362 g/mol. The van der Waals surface area contributed by atoms with Crippen LogP contribution in [-0.2, 0) is 22.0 Å². The topological polar surface area (TPSA) is 66.7 Å². The van der Waals surface area contributed by atoms with Crippen molar-refractivity contribution in [2.45, 2.75) is 51.0 Å². The molecule has 0 atom stereocenters. The summed E-state index contributed by atoms with van der Waals surface area (Å²) in [6.45, 7) is 11.5. The van der Waals surface area contributed by atoms with Crippen molar-refractivity contribution in [3.05, 3.63) is 47.3 Å². The lowest BCUT2D eigenvalue weighted by Crippen LogP contribution is -2.35. The van der Waals surface area contributed by atoms with Gasteiger partial charge in [0, 0.05) is 32.2 Å². The molecule has 0 aliphatic carbocycles. The highest BCUT2D eigenvalue weighted by Gasteiger charge is 2.27. The summed E-state index contributed by atoms with van der Waals surface area (Å²) in [5, 5.41) is 4.04. The lowest BCUT2D eigenvalue weighted by atomic mass is 9.87. The molecule has 0 spiro atoms. The van der Waals surface area contributed by atoms with E-state index in [1.807, 2.05) is 25.1 Å². The van der Waals surface area contributed by atoms with Crippen molar-refractivity contribution in [2.75, 3.05) is 26.2 Å². The van der Waals surface area contributed by atoms with Crippen molar-refractivity contribution < 1.29 is 12.9 Å². The van der Waals surface area contributed by atoms with Crippen molar-refractivity contribution in [3.8, 4) is 0 Å². The fourth-order valence-electron chi connectivity index (χ4n) is 3.34. The zero-order chi connectivity index (χ0) is 19.7. The number of aromatic nitrogens is 1. The Bertz CT molecular complexity index is 867. The fraction of sp³-hybridized carbons (Fsp3) is 0.550. The molecule has 6 nitrogen and oxygen atoms in total. The normalized spacial score (nSPS) is 17.8. The van der Waals surface area contributed by atoms with Gasteiger partial charge < -0.3 is 4.52 Å². The van der Waals surface area contributed by atoms with Gasteiger partial charge in [-0.3, -0.25) is 4.90 Å². The van der Waals surface area contributed by atoms with E-state index in [0.29, 0.717) is 31.1 Å². The zero-order valence-corrected chi connectivity index (χ0v) is 17.4. The third-order valence-corrected chi connectivity index (χ3v) is 6.88. The van der Waals surface area contributed by atoms with E-state index in [-0.39, 0.29) is 5.41 Å². The first-order chi connectivity index (χ1) is 12.7. The van der Waals surface area contributed by atoms with E-state index in [1.54, 1.807) is 16.4 Å². The molecule has 1 fully saturated rings. The van der Waals surface area contributed by atoms with Gasteiger partial charge >= 0.3 is 0 Å². The average molecular weight is 392 g/mol. The lowest BCUT2D eigenvalue weighted by Gasteiger charge is -2.22. The van der Waals surface area contributed by atoms with Crippen molar-refractivity contribution in [3.63, 3.8) is 0 Å². The summed E-state index contributed by atoms with van der Waals surface area (Å²) >= 11 is 0. The second-order valence-corrected chi connectivity index (χ2v) is 10.2. The Morgan fingerprint density at radius 1 is 1.07 bits per heavy atom. The van der Waals surface area contributed by atoms with Gasteiger partial charge in [0.05, 0.1) is 10.6 Å². The molecule has 7 heteroatoms. The van der Waals surface area contributed by atoms with Crippen LogP contribution in [0.3, 0.4) is 0 Å². The van der Waals surface area contributed by atoms with Gasteiger partial charge in [-0.15, -0.1) is 0 Å². The molecule has 27 heavy (non-hydrogen) atoms. The van der Waals surface area contributed by atoms with Crippen LogP contribution >= 0.6 is 0 Å². The maximum absolute atomic E-state index is 13.0. The number of nitrogens with zero attached hydrogens (tertiary/aromatic N) is 3. The van der Waals surface area contributed by atoms with Crippen LogP contribution in [0, 0.1) is 6.92 Å². The molecular formula is C20H29N3O3S. The molecule has 0 radical (unpaired) electrons. The molecule has 2 heterocycles. The largest absolute Gasteiger partial charge is 0.361 e. The third kappa shape index (κ3) is 4.78. The average Bonchev–Trinajstić information content (AvgIpc) is 2.87. The lowest BCUT2D eigenvalue weighted by molar-refractivity contribution is 0.268. The molecule has 3 rings (SSSR count).